The van der Waals surface area contributed by atoms with Gasteiger partial charge in [-0.25, -0.2) is 0 Å². The van der Waals surface area contributed by atoms with Gasteiger partial charge in [-0.15, -0.1) is 29.7 Å². The molecule has 2 aromatic rings. The SMILES string of the molecule is CC(C)(C)C(=O)O.O=C1C=C(N2CC2)C(=O)C(N2CC2)=C1N1CC1.[Zr].c1ccc2[cH-]ccc2c1. The quantitative estimate of drug-likeness (QED) is 0.365. The van der Waals surface area contributed by atoms with Crippen molar-refractivity contribution in [3.05, 3.63) is 65.6 Å². The third-order valence-electron chi connectivity index (χ3n) is 5.68. The Bertz CT molecular complexity index is 1120. The summed E-state index contributed by atoms with van der Waals surface area (Å²) in [6.07, 6.45) is 1.52. The van der Waals surface area contributed by atoms with Gasteiger partial charge in [-0.3, -0.25) is 14.4 Å². The average Bonchev–Trinajstić information content (AvgIpc) is 3.61. The molecule has 0 aromatic heterocycles. The summed E-state index contributed by atoms with van der Waals surface area (Å²) < 4.78 is 0. The van der Waals surface area contributed by atoms with Gasteiger partial charge < -0.3 is 19.8 Å². The molecule has 1 aliphatic carbocycles. The standard InChI is InChI=1S/C12H13N3O2.C9H7.C5H10O2.Zr/c16-9-7-8(13-1-2-13)12(17)11(15-5-6-15)10(9)14-3-4-14;1-2-5-9-7-3-6-8(9)4-1;1-5(2,3)4(6)7;/h7H,1-6H2;1-7H;1-3H3,(H,6,7);/q;-1;;. The van der Waals surface area contributed by atoms with Gasteiger partial charge in [-0.1, -0.05) is 6.07 Å². The summed E-state index contributed by atoms with van der Waals surface area (Å²) in [6.45, 7) is 10.4. The van der Waals surface area contributed by atoms with Crippen LogP contribution in [-0.2, 0) is 40.6 Å². The van der Waals surface area contributed by atoms with Gasteiger partial charge in [0.25, 0.3) is 0 Å². The number of carbonyl (C=O) groups excluding carboxylic acids is 2. The second-order valence-corrected chi connectivity index (χ2v) is 9.59. The van der Waals surface area contributed by atoms with Crippen LogP contribution in [0.4, 0.5) is 0 Å². The molecule has 2 aromatic carbocycles. The second kappa shape index (κ2) is 10.3. The van der Waals surface area contributed by atoms with Gasteiger partial charge in [0.1, 0.15) is 11.4 Å². The molecular weight excluding hydrogens is 510 g/mol. The van der Waals surface area contributed by atoms with Crippen LogP contribution in [0.2, 0.25) is 0 Å². The third kappa shape index (κ3) is 6.29. The Balaban J connectivity index is 0.000000162. The average molecular weight is 540 g/mol. The van der Waals surface area contributed by atoms with Crippen LogP contribution < -0.4 is 0 Å². The smallest absolute Gasteiger partial charge is 0.308 e. The fraction of sp³-hybridized carbons (Fsp3) is 0.385. The first kappa shape index (κ1) is 26.0. The number of carboxylic acids is 1. The van der Waals surface area contributed by atoms with Crippen LogP contribution in [0.25, 0.3) is 10.8 Å². The number of nitrogens with zero attached hydrogens (tertiary/aromatic N) is 3. The van der Waals surface area contributed by atoms with E-state index in [1.54, 1.807) is 20.8 Å². The van der Waals surface area contributed by atoms with E-state index >= 15 is 0 Å². The van der Waals surface area contributed by atoms with Gasteiger partial charge in [-0.05, 0) is 20.8 Å². The minimum absolute atomic E-state index is 0. The van der Waals surface area contributed by atoms with Crippen LogP contribution in [0.3, 0.4) is 0 Å². The van der Waals surface area contributed by atoms with Crippen molar-refractivity contribution < 1.29 is 45.7 Å². The monoisotopic (exact) mass is 538 g/mol. The largest absolute Gasteiger partial charge is 0.481 e. The zero-order chi connectivity index (χ0) is 23.8. The molecule has 0 saturated carbocycles. The van der Waals surface area contributed by atoms with Crippen molar-refractivity contribution in [1.82, 2.24) is 14.7 Å². The molecule has 0 spiro atoms. The Kier molecular flexibility index (Phi) is 7.92. The molecule has 8 heteroatoms. The van der Waals surface area contributed by atoms with E-state index in [1.807, 2.05) is 14.7 Å². The van der Waals surface area contributed by atoms with Crippen LogP contribution in [0.5, 0.6) is 0 Å². The first-order chi connectivity index (χ1) is 15.7. The summed E-state index contributed by atoms with van der Waals surface area (Å²) in [7, 11) is 0. The molecule has 1 N–H and O–H groups in total. The summed E-state index contributed by atoms with van der Waals surface area (Å²) in [5.41, 5.74) is 1.30. The van der Waals surface area contributed by atoms with Crippen LogP contribution in [0, 0.1) is 5.41 Å². The maximum absolute atomic E-state index is 12.4. The van der Waals surface area contributed by atoms with Crippen LogP contribution in [0.1, 0.15) is 20.8 Å². The van der Waals surface area contributed by atoms with E-state index in [2.05, 4.69) is 42.5 Å². The molecule has 0 amide bonds. The molecule has 0 unspecified atom stereocenters. The first-order valence-electron chi connectivity index (χ1n) is 11.3. The van der Waals surface area contributed by atoms with Gasteiger partial charge in [0.2, 0.25) is 11.6 Å². The Morgan fingerprint density at radius 1 is 0.882 bits per heavy atom. The topological polar surface area (TPSA) is 80.5 Å². The minimum atomic E-state index is -0.757. The van der Waals surface area contributed by atoms with Gasteiger partial charge in [0, 0.05) is 71.5 Å². The number of benzene rings is 1. The summed E-state index contributed by atoms with van der Waals surface area (Å²) in [5.74, 6) is -0.708. The fourth-order valence-corrected chi connectivity index (χ4v) is 3.35. The normalized spacial score (nSPS) is 18.3. The van der Waals surface area contributed by atoms with E-state index in [9.17, 15) is 14.4 Å². The molecule has 6 rings (SSSR count). The number of ketones is 2. The molecule has 34 heavy (non-hydrogen) atoms. The molecule has 0 bridgehead atoms. The number of aliphatic carboxylic acids is 1. The molecule has 4 aliphatic rings. The van der Waals surface area contributed by atoms with Gasteiger partial charge in [-0.2, -0.15) is 17.5 Å². The maximum atomic E-state index is 12.4. The van der Waals surface area contributed by atoms with Crippen molar-refractivity contribution in [2.75, 3.05) is 39.3 Å². The first-order valence-corrected chi connectivity index (χ1v) is 11.3. The predicted octanol–water partition coefficient (Wildman–Crippen LogP) is 2.85. The Morgan fingerprint density at radius 3 is 1.91 bits per heavy atom. The molecule has 3 aliphatic heterocycles. The number of rotatable bonds is 3. The summed E-state index contributed by atoms with van der Waals surface area (Å²) in [5, 5.41) is 10.9. The molecule has 178 valence electrons. The molecule has 0 radical (unpaired) electrons. The molecular formula is C26H30N3O4Zr-. The van der Waals surface area contributed by atoms with Crippen molar-refractivity contribution in [2.45, 2.75) is 20.8 Å². The van der Waals surface area contributed by atoms with Crippen molar-refractivity contribution in [3.63, 3.8) is 0 Å². The Hall–Kier alpha value is -2.60. The number of carboxylic acid groups (broad SMARTS) is 1. The van der Waals surface area contributed by atoms with E-state index in [0.29, 0.717) is 17.1 Å². The van der Waals surface area contributed by atoms with Gasteiger partial charge >= 0.3 is 5.97 Å². The maximum Gasteiger partial charge on any atom is 0.308 e. The number of allylic oxidation sites excluding steroid dienone is 1. The van der Waals surface area contributed by atoms with E-state index in [-0.39, 0.29) is 37.8 Å². The minimum Gasteiger partial charge on any atom is -0.481 e. The number of fused-ring (bicyclic) bond motifs is 1. The van der Waals surface area contributed by atoms with Crippen LogP contribution >= 0.6 is 0 Å². The van der Waals surface area contributed by atoms with Gasteiger partial charge in [0.15, 0.2) is 0 Å². The van der Waals surface area contributed by atoms with E-state index in [4.69, 9.17) is 5.11 Å². The zero-order valence-electron chi connectivity index (χ0n) is 19.9. The molecule has 3 fully saturated rings. The number of hydrogen-bond acceptors (Lipinski definition) is 6. The summed E-state index contributed by atoms with van der Waals surface area (Å²) in [4.78, 5) is 40.5. The second-order valence-electron chi connectivity index (χ2n) is 9.59. The molecule has 7 nitrogen and oxygen atoms in total. The third-order valence-corrected chi connectivity index (χ3v) is 5.68. The Labute approximate surface area is 219 Å². The van der Waals surface area contributed by atoms with Crippen LogP contribution in [0.15, 0.2) is 65.6 Å². The number of carbonyl (C=O) groups is 3. The van der Waals surface area contributed by atoms with E-state index in [0.717, 1.165) is 39.3 Å². The van der Waals surface area contributed by atoms with Crippen LogP contribution in [-0.4, -0.2) is 76.6 Å². The van der Waals surface area contributed by atoms with Crippen molar-refractivity contribution in [1.29, 1.82) is 0 Å². The zero-order valence-corrected chi connectivity index (χ0v) is 22.3. The molecule has 0 atom stereocenters. The van der Waals surface area contributed by atoms with Gasteiger partial charge in [0.05, 0.1) is 11.1 Å². The van der Waals surface area contributed by atoms with E-state index < -0.39 is 11.4 Å². The fourth-order valence-electron chi connectivity index (χ4n) is 3.35. The number of Topliss-reactive ketones (excluding diaryl/α,β-unsaturated/α-hetero) is 1. The Morgan fingerprint density at radius 2 is 1.41 bits per heavy atom. The summed E-state index contributed by atoms with van der Waals surface area (Å²) in [6, 6.07) is 14.7. The van der Waals surface area contributed by atoms with Crippen molar-refractivity contribution >= 4 is 28.3 Å². The number of hydrogen-bond donors (Lipinski definition) is 1. The molecule has 3 heterocycles. The van der Waals surface area contributed by atoms with Crippen molar-refractivity contribution in [2.24, 2.45) is 5.41 Å². The predicted molar refractivity (Wildman–Crippen MR) is 126 cm³/mol. The molecule has 3 saturated heterocycles. The van der Waals surface area contributed by atoms with Crippen molar-refractivity contribution in [3.8, 4) is 0 Å². The summed E-state index contributed by atoms with van der Waals surface area (Å²) >= 11 is 0. The van der Waals surface area contributed by atoms with E-state index in [1.165, 1.54) is 16.8 Å².